The number of hydrogen-bond donors (Lipinski definition) is 0. The van der Waals surface area contributed by atoms with Crippen molar-refractivity contribution < 1.29 is 0 Å². The lowest BCUT2D eigenvalue weighted by Gasteiger charge is -2.31. The summed E-state index contributed by atoms with van der Waals surface area (Å²) in [6, 6.07) is 8.81. The van der Waals surface area contributed by atoms with Crippen molar-refractivity contribution in [2.24, 2.45) is 0 Å². The molecule has 0 heterocycles. The Labute approximate surface area is 94.8 Å². The van der Waals surface area contributed by atoms with Crippen LogP contribution in [0.5, 0.6) is 0 Å². The highest BCUT2D eigenvalue weighted by atomic mass is 79.9. The van der Waals surface area contributed by atoms with Gasteiger partial charge in [-0.15, -0.1) is 0 Å². The van der Waals surface area contributed by atoms with Gasteiger partial charge >= 0.3 is 0 Å². The lowest BCUT2D eigenvalue weighted by Crippen LogP contribution is -2.34. The summed E-state index contributed by atoms with van der Waals surface area (Å²) in [7, 11) is 0. The molecule has 0 bridgehead atoms. The van der Waals surface area contributed by atoms with Gasteiger partial charge in [-0.25, -0.2) is 0 Å². The van der Waals surface area contributed by atoms with Crippen LogP contribution in [0.25, 0.3) is 0 Å². The molecule has 2 rings (SSSR count). The van der Waals surface area contributed by atoms with Crippen LogP contribution in [0.1, 0.15) is 38.8 Å². The van der Waals surface area contributed by atoms with Crippen LogP contribution in [0.15, 0.2) is 24.3 Å². The average Bonchev–Trinajstić information content (AvgIpc) is 2.28. The van der Waals surface area contributed by atoms with E-state index in [4.69, 9.17) is 0 Å². The molecule has 0 amide bonds. The second kappa shape index (κ2) is 2.85. The highest BCUT2D eigenvalue weighted by Crippen LogP contribution is 2.52. The van der Waals surface area contributed by atoms with Crippen LogP contribution < -0.4 is 0 Å². The first-order chi connectivity index (χ1) is 6.38. The van der Waals surface area contributed by atoms with Crippen molar-refractivity contribution in [3.63, 3.8) is 0 Å². The topological polar surface area (TPSA) is 0 Å². The molecule has 0 spiro atoms. The van der Waals surface area contributed by atoms with E-state index in [1.165, 1.54) is 11.1 Å². The maximum Gasteiger partial charge on any atom is 0.0329 e. The fourth-order valence-electron chi connectivity index (χ4n) is 2.78. The van der Waals surface area contributed by atoms with Gasteiger partial charge in [0.1, 0.15) is 0 Å². The van der Waals surface area contributed by atoms with Crippen LogP contribution in [0, 0.1) is 0 Å². The number of hydrogen-bond acceptors (Lipinski definition) is 0. The zero-order valence-electron chi connectivity index (χ0n) is 9.26. The van der Waals surface area contributed by atoms with E-state index in [9.17, 15) is 0 Å². The fraction of sp³-hybridized carbons (Fsp3) is 0.538. The van der Waals surface area contributed by atoms with Gasteiger partial charge in [-0.3, -0.25) is 0 Å². The van der Waals surface area contributed by atoms with Gasteiger partial charge in [0.25, 0.3) is 0 Å². The minimum absolute atomic E-state index is 0.236. The van der Waals surface area contributed by atoms with E-state index in [0.717, 1.165) is 0 Å². The smallest absolute Gasteiger partial charge is 0.0329 e. The standard InChI is InChI=1S/C13H17Br/c1-12(2)9-7-5-6-8-10(9)13(3,4)11(12)14/h5-8,11H,1-4H3. The Bertz CT molecular complexity index is 328. The lowest BCUT2D eigenvalue weighted by molar-refractivity contribution is 0.427. The average molecular weight is 253 g/mol. The second-order valence-corrected chi connectivity index (χ2v) is 6.27. The monoisotopic (exact) mass is 252 g/mol. The molecule has 1 aliphatic carbocycles. The fourth-order valence-corrected chi connectivity index (χ4v) is 3.28. The number of halogens is 1. The third-order valence-electron chi connectivity index (χ3n) is 3.58. The van der Waals surface area contributed by atoms with E-state index in [-0.39, 0.29) is 10.8 Å². The van der Waals surface area contributed by atoms with Crippen molar-refractivity contribution >= 4 is 15.9 Å². The van der Waals surface area contributed by atoms with Crippen molar-refractivity contribution in [2.45, 2.75) is 43.4 Å². The molecule has 1 aromatic carbocycles. The van der Waals surface area contributed by atoms with E-state index in [0.29, 0.717) is 4.83 Å². The van der Waals surface area contributed by atoms with Gasteiger partial charge < -0.3 is 0 Å². The number of rotatable bonds is 0. The Morgan fingerprint density at radius 3 is 1.64 bits per heavy atom. The summed E-state index contributed by atoms with van der Waals surface area (Å²) in [6.07, 6.45) is 0. The molecule has 1 heteroatoms. The van der Waals surface area contributed by atoms with Gasteiger partial charge in [-0.1, -0.05) is 67.9 Å². The van der Waals surface area contributed by atoms with Gasteiger partial charge in [-0.05, 0) is 11.1 Å². The van der Waals surface area contributed by atoms with Gasteiger partial charge in [0, 0.05) is 15.7 Å². The van der Waals surface area contributed by atoms with Crippen LogP contribution in [0.4, 0.5) is 0 Å². The number of benzene rings is 1. The van der Waals surface area contributed by atoms with E-state index >= 15 is 0 Å². The van der Waals surface area contributed by atoms with Crippen LogP contribution >= 0.6 is 15.9 Å². The van der Waals surface area contributed by atoms with Gasteiger partial charge in [0.2, 0.25) is 0 Å². The highest BCUT2D eigenvalue weighted by Gasteiger charge is 2.49. The first kappa shape index (κ1) is 10.2. The molecule has 0 nitrogen and oxygen atoms in total. The molecule has 14 heavy (non-hydrogen) atoms. The summed E-state index contributed by atoms with van der Waals surface area (Å²) in [5, 5.41) is 0. The molecule has 0 aromatic heterocycles. The molecule has 1 aliphatic rings. The van der Waals surface area contributed by atoms with Gasteiger partial charge in [0.05, 0.1) is 0 Å². The molecule has 0 saturated carbocycles. The Morgan fingerprint density at radius 2 is 1.29 bits per heavy atom. The molecule has 0 N–H and O–H groups in total. The molecule has 0 aliphatic heterocycles. The molecule has 0 saturated heterocycles. The molecule has 0 fully saturated rings. The number of fused-ring (bicyclic) bond motifs is 1. The Balaban J connectivity index is 2.70. The van der Waals surface area contributed by atoms with Crippen molar-refractivity contribution in [2.75, 3.05) is 0 Å². The quantitative estimate of drug-likeness (QED) is 0.612. The van der Waals surface area contributed by atoms with Gasteiger partial charge in [0.15, 0.2) is 0 Å². The Hall–Kier alpha value is -0.300. The molecular weight excluding hydrogens is 236 g/mol. The van der Waals surface area contributed by atoms with E-state index in [2.05, 4.69) is 67.9 Å². The molecule has 0 radical (unpaired) electrons. The predicted octanol–water partition coefficient (Wildman–Crippen LogP) is 4.02. The summed E-state index contributed by atoms with van der Waals surface area (Å²) in [5.74, 6) is 0. The first-order valence-corrected chi connectivity index (χ1v) is 6.04. The second-order valence-electron chi connectivity index (χ2n) is 5.35. The number of alkyl halides is 1. The van der Waals surface area contributed by atoms with Crippen molar-refractivity contribution in [1.82, 2.24) is 0 Å². The van der Waals surface area contributed by atoms with E-state index in [1.807, 2.05) is 0 Å². The van der Waals surface area contributed by atoms with Crippen LogP contribution in [0.2, 0.25) is 0 Å². The third-order valence-corrected chi connectivity index (χ3v) is 5.87. The minimum Gasteiger partial charge on any atom is -0.0872 e. The van der Waals surface area contributed by atoms with Crippen molar-refractivity contribution in [3.8, 4) is 0 Å². The third kappa shape index (κ3) is 1.11. The SMILES string of the molecule is CC1(C)c2ccccc2C(C)(C)C1Br. The summed E-state index contributed by atoms with van der Waals surface area (Å²) in [4.78, 5) is 0.514. The predicted molar refractivity (Wildman–Crippen MR) is 65.2 cm³/mol. The van der Waals surface area contributed by atoms with Crippen LogP contribution in [0.3, 0.4) is 0 Å². The largest absolute Gasteiger partial charge is 0.0872 e. The summed E-state index contributed by atoms with van der Waals surface area (Å²) < 4.78 is 0. The minimum atomic E-state index is 0.236. The molecule has 0 unspecified atom stereocenters. The van der Waals surface area contributed by atoms with Crippen molar-refractivity contribution in [1.29, 1.82) is 0 Å². The maximum atomic E-state index is 3.86. The summed E-state index contributed by atoms with van der Waals surface area (Å²) in [6.45, 7) is 9.28. The van der Waals surface area contributed by atoms with Crippen LogP contribution in [-0.2, 0) is 10.8 Å². The Kier molecular flexibility index (Phi) is 2.08. The Morgan fingerprint density at radius 1 is 0.929 bits per heavy atom. The lowest BCUT2D eigenvalue weighted by atomic mass is 9.81. The molecular formula is C13H17Br. The van der Waals surface area contributed by atoms with Crippen LogP contribution in [-0.4, -0.2) is 4.83 Å². The van der Waals surface area contributed by atoms with Crippen molar-refractivity contribution in [3.05, 3.63) is 35.4 Å². The molecule has 0 atom stereocenters. The zero-order chi connectivity index (χ0) is 10.6. The maximum absolute atomic E-state index is 3.86. The van der Waals surface area contributed by atoms with E-state index < -0.39 is 0 Å². The zero-order valence-corrected chi connectivity index (χ0v) is 10.9. The first-order valence-electron chi connectivity index (χ1n) is 5.12. The van der Waals surface area contributed by atoms with E-state index in [1.54, 1.807) is 0 Å². The summed E-state index contributed by atoms with van der Waals surface area (Å²) >= 11 is 3.86. The summed E-state index contributed by atoms with van der Waals surface area (Å²) in [5.41, 5.74) is 3.46. The van der Waals surface area contributed by atoms with Gasteiger partial charge in [-0.2, -0.15) is 0 Å². The molecule has 76 valence electrons. The highest BCUT2D eigenvalue weighted by molar-refractivity contribution is 9.09. The molecule has 1 aromatic rings. The normalized spacial score (nSPS) is 23.5.